The Bertz CT molecular complexity index is 586. The van der Waals surface area contributed by atoms with Gasteiger partial charge in [0, 0.05) is 16.9 Å². The van der Waals surface area contributed by atoms with Gasteiger partial charge < -0.3 is 4.98 Å². The Hall–Kier alpha value is -1.58. The Balaban J connectivity index is 2.39. The standard InChI is InChI=1S/C16H19ClN2Si/c1-20(2,3)19-16(12-15-6-4-5-11-18-15)13-7-9-14(17)10-8-13/h4-12,19H,1-3H3/b16-12+. The van der Waals surface area contributed by atoms with Crippen LogP contribution in [0.5, 0.6) is 0 Å². The maximum absolute atomic E-state index is 5.97. The molecule has 2 aromatic rings. The van der Waals surface area contributed by atoms with Gasteiger partial charge in [-0.2, -0.15) is 0 Å². The van der Waals surface area contributed by atoms with Crippen molar-refractivity contribution in [2.24, 2.45) is 0 Å². The number of pyridine rings is 1. The number of nitrogens with one attached hydrogen (secondary N) is 1. The fourth-order valence-electron chi connectivity index (χ4n) is 1.83. The lowest BCUT2D eigenvalue weighted by molar-refractivity contribution is 1.25. The van der Waals surface area contributed by atoms with Gasteiger partial charge in [0.05, 0.1) is 5.69 Å². The summed E-state index contributed by atoms with van der Waals surface area (Å²) in [4.78, 5) is 8.02. The summed E-state index contributed by atoms with van der Waals surface area (Å²) in [5.41, 5.74) is 3.17. The van der Waals surface area contributed by atoms with E-state index in [0.717, 1.165) is 22.0 Å². The van der Waals surface area contributed by atoms with Crippen LogP contribution in [0, 0.1) is 0 Å². The van der Waals surface area contributed by atoms with Crippen molar-refractivity contribution in [2.75, 3.05) is 0 Å². The molecule has 2 rings (SSSR count). The van der Waals surface area contributed by atoms with Crippen LogP contribution in [0.25, 0.3) is 11.8 Å². The maximum atomic E-state index is 5.97. The second-order valence-electron chi connectivity index (χ2n) is 5.69. The molecule has 0 saturated heterocycles. The number of halogens is 1. The SMILES string of the molecule is C[Si](C)(C)N/C(=C/c1ccccn1)c1ccc(Cl)cc1. The van der Waals surface area contributed by atoms with Crippen LogP contribution in [0.4, 0.5) is 0 Å². The predicted molar refractivity (Wildman–Crippen MR) is 90.0 cm³/mol. The zero-order chi connectivity index (χ0) is 14.6. The average molecular weight is 303 g/mol. The Morgan fingerprint density at radius 1 is 1.10 bits per heavy atom. The maximum Gasteiger partial charge on any atom is 0.144 e. The van der Waals surface area contributed by atoms with Crippen molar-refractivity contribution in [3.8, 4) is 0 Å². The summed E-state index contributed by atoms with van der Waals surface area (Å²) in [5, 5.41) is 0.749. The average Bonchev–Trinajstić information content (AvgIpc) is 2.38. The minimum Gasteiger partial charge on any atom is -0.410 e. The summed E-state index contributed by atoms with van der Waals surface area (Å²) in [7, 11) is -1.45. The second kappa shape index (κ2) is 6.24. The van der Waals surface area contributed by atoms with Gasteiger partial charge in [-0.05, 0) is 35.9 Å². The highest BCUT2D eigenvalue weighted by molar-refractivity contribution is 6.74. The van der Waals surface area contributed by atoms with Gasteiger partial charge in [0.2, 0.25) is 0 Å². The summed E-state index contributed by atoms with van der Waals surface area (Å²) >= 11 is 5.97. The Morgan fingerprint density at radius 2 is 1.80 bits per heavy atom. The van der Waals surface area contributed by atoms with Crippen LogP contribution in [0.2, 0.25) is 24.7 Å². The highest BCUT2D eigenvalue weighted by atomic mass is 35.5. The fourth-order valence-corrected chi connectivity index (χ4v) is 2.98. The molecule has 0 aliphatic heterocycles. The zero-order valence-electron chi connectivity index (χ0n) is 12.0. The molecule has 0 aliphatic carbocycles. The fraction of sp³-hybridized carbons (Fsp3) is 0.188. The molecule has 2 nitrogen and oxygen atoms in total. The van der Waals surface area contributed by atoms with E-state index in [0.29, 0.717) is 0 Å². The molecule has 0 atom stereocenters. The van der Waals surface area contributed by atoms with Gasteiger partial charge in [0.1, 0.15) is 8.24 Å². The van der Waals surface area contributed by atoms with Crippen molar-refractivity contribution in [1.82, 2.24) is 9.97 Å². The van der Waals surface area contributed by atoms with Crippen LogP contribution in [-0.4, -0.2) is 13.2 Å². The van der Waals surface area contributed by atoms with E-state index in [2.05, 4.69) is 35.7 Å². The van der Waals surface area contributed by atoms with Crippen molar-refractivity contribution in [3.63, 3.8) is 0 Å². The molecule has 20 heavy (non-hydrogen) atoms. The number of hydrogen-bond acceptors (Lipinski definition) is 2. The highest BCUT2D eigenvalue weighted by Gasteiger charge is 2.15. The molecule has 4 heteroatoms. The van der Waals surface area contributed by atoms with Gasteiger partial charge >= 0.3 is 0 Å². The van der Waals surface area contributed by atoms with Gasteiger partial charge in [-0.3, -0.25) is 4.98 Å². The van der Waals surface area contributed by atoms with Crippen LogP contribution in [-0.2, 0) is 0 Å². The molecule has 104 valence electrons. The monoisotopic (exact) mass is 302 g/mol. The largest absolute Gasteiger partial charge is 0.410 e. The van der Waals surface area contributed by atoms with E-state index in [4.69, 9.17) is 11.6 Å². The molecule has 0 spiro atoms. The Labute approximate surface area is 126 Å². The molecule has 1 heterocycles. The number of hydrogen-bond donors (Lipinski definition) is 1. The number of nitrogens with zero attached hydrogens (tertiary/aromatic N) is 1. The van der Waals surface area contributed by atoms with E-state index in [1.54, 1.807) is 6.20 Å². The molecule has 0 saturated carbocycles. The van der Waals surface area contributed by atoms with Crippen molar-refractivity contribution >= 4 is 31.6 Å². The molecule has 0 amide bonds. The summed E-state index contributed by atoms with van der Waals surface area (Å²) in [5.74, 6) is 0. The molecule has 1 aromatic heterocycles. The first kappa shape index (κ1) is 14.8. The smallest absolute Gasteiger partial charge is 0.144 e. The van der Waals surface area contributed by atoms with Gasteiger partial charge in [0.25, 0.3) is 0 Å². The normalized spacial score (nSPS) is 12.3. The predicted octanol–water partition coefficient (Wildman–Crippen LogP) is 4.66. The molecule has 1 N–H and O–H groups in total. The lowest BCUT2D eigenvalue weighted by atomic mass is 10.1. The summed E-state index contributed by atoms with van der Waals surface area (Å²) in [6.07, 6.45) is 3.89. The van der Waals surface area contributed by atoms with E-state index in [-0.39, 0.29) is 0 Å². The third kappa shape index (κ3) is 4.51. The van der Waals surface area contributed by atoms with E-state index in [1.807, 2.05) is 42.5 Å². The molecule has 0 unspecified atom stereocenters. The zero-order valence-corrected chi connectivity index (χ0v) is 13.8. The van der Waals surface area contributed by atoms with Crippen molar-refractivity contribution in [2.45, 2.75) is 19.6 Å². The molecule has 0 fully saturated rings. The first-order valence-electron chi connectivity index (χ1n) is 6.61. The van der Waals surface area contributed by atoms with E-state index in [9.17, 15) is 0 Å². The molecule has 0 aliphatic rings. The first-order chi connectivity index (χ1) is 9.44. The van der Waals surface area contributed by atoms with Gasteiger partial charge in [-0.15, -0.1) is 0 Å². The lowest BCUT2D eigenvalue weighted by Crippen LogP contribution is -2.39. The minimum atomic E-state index is -1.45. The van der Waals surface area contributed by atoms with E-state index < -0.39 is 8.24 Å². The molecule has 0 radical (unpaired) electrons. The van der Waals surface area contributed by atoms with E-state index in [1.165, 1.54) is 0 Å². The summed E-state index contributed by atoms with van der Waals surface area (Å²) in [6, 6.07) is 13.8. The minimum absolute atomic E-state index is 0.749. The first-order valence-corrected chi connectivity index (χ1v) is 10.5. The molecule has 1 aromatic carbocycles. The van der Waals surface area contributed by atoms with Crippen molar-refractivity contribution in [1.29, 1.82) is 0 Å². The quantitative estimate of drug-likeness (QED) is 0.831. The van der Waals surface area contributed by atoms with Crippen molar-refractivity contribution in [3.05, 3.63) is 64.9 Å². The van der Waals surface area contributed by atoms with Crippen LogP contribution in [0.1, 0.15) is 11.3 Å². The van der Waals surface area contributed by atoms with Crippen LogP contribution < -0.4 is 4.98 Å². The second-order valence-corrected chi connectivity index (χ2v) is 10.9. The summed E-state index contributed by atoms with van der Waals surface area (Å²) < 4.78 is 0. The van der Waals surface area contributed by atoms with Crippen LogP contribution >= 0.6 is 11.6 Å². The Morgan fingerprint density at radius 3 is 2.35 bits per heavy atom. The van der Waals surface area contributed by atoms with Gasteiger partial charge in [0.15, 0.2) is 0 Å². The van der Waals surface area contributed by atoms with Crippen LogP contribution in [0.15, 0.2) is 48.7 Å². The van der Waals surface area contributed by atoms with Gasteiger partial charge in [-0.25, -0.2) is 0 Å². The molecular formula is C16H19ClN2Si. The van der Waals surface area contributed by atoms with Crippen LogP contribution in [0.3, 0.4) is 0 Å². The molecule has 0 bridgehead atoms. The third-order valence-electron chi connectivity index (χ3n) is 2.64. The number of benzene rings is 1. The number of rotatable bonds is 4. The Kier molecular flexibility index (Phi) is 4.63. The summed E-state index contributed by atoms with van der Waals surface area (Å²) in [6.45, 7) is 6.82. The topological polar surface area (TPSA) is 24.9 Å². The third-order valence-corrected chi connectivity index (χ3v) is 3.92. The van der Waals surface area contributed by atoms with E-state index >= 15 is 0 Å². The molecular weight excluding hydrogens is 284 g/mol. The van der Waals surface area contributed by atoms with Crippen molar-refractivity contribution < 1.29 is 0 Å². The number of aromatic nitrogens is 1. The lowest BCUT2D eigenvalue weighted by Gasteiger charge is -2.22. The van der Waals surface area contributed by atoms with Gasteiger partial charge in [-0.1, -0.05) is 49.4 Å². The highest BCUT2D eigenvalue weighted by Crippen LogP contribution is 2.19.